The van der Waals surface area contributed by atoms with E-state index in [1.54, 1.807) is 6.07 Å². The number of carboxylic acids is 1. The molecule has 0 saturated carbocycles. The molecule has 5 nitrogen and oxygen atoms in total. The van der Waals surface area contributed by atoms with Crippen LogP contribution in [0.25, 0.3) is 0 Å². The SMILES string of the molecule is CC(=O)SCc1ccccc1CCC(=O)Nc1cc(C(=O)O)cc(C(C)C)c1. The summed E-state index contributed by atoms with van der Waals surface area (Å²) in [6, 6.07) is 12.7. The van der Waals surface area contributed by atoms with Crippen LogP contribution in [0.1, 0.15) is 60.2 Å². The molecule has 0 saturated heterocycles. The van der Waals surface area contributed by atoms with Crippen molar-refractivity contribution in [2.75, 3.05) is 5.32 Å². The number of hydrogen-bond donors (Lipinski definition) is 2. The van der Waals surface area contributed by atoms with E-state index < -0.39 is 5.97 Å². The summed E-state index contributed by atoms with van der Waals surface area (Å²) in [5, 5.41) is 12.2. The molecule has 0 aromatic heterocycles. The van der Waals surface area contributed by atoms with Crippen molar-refractivity contribution in [1.29, 1.82) is 0 Å². The Hall–Kier alpha value is -2.60. The number of amides is 1. The van der Waals surface area contributed by atoms with Crippen LogP contribution in [0.4, 0.5) is 5.69 Å². The molecule has 2 aromatic rings. The van der Waals surface area contributed by atoms with Crippen molar-refractivity contribution in [2.45, 2.75) is 45.3 Å². The lowest BCUT2D eigenvalue weighted by molar-refractivity contribution is -0.116. The minimum absolute atomic E-state index is 0.0619. The van der Waals surface area contributed by atoms with Crippen LogP contribution in [0, 0.1) is 0 Å². The van der Waals surface area contributed by atoms with Crippen molar-refractivity contribution >= 4 is 34.4 Å². The molecule has 1 amide bonds. The molecule has 0 bridgehead atoms. The molecule has 0 heterocycles. The normalized spacial score (nSPS) is 10.7. The van der Waals surface area contributed by atoms with Gasteiger partial charge in [-0.2, -0.15) is 0 Å². The summed E-state index contributed by atoms with van der Waals surface area (Å²) < 4.78 is 0. The molecule has 0 unspecified atom stereocenters. The fourth-order valence-corrected chi connectivity index (χ4v) is 3.41. The second-order valence-electron chi connectivity index (χ2n) is 6.90. The Labute approximate surface area is 169 Å². The van der Waals surface area contributed by atoms with E-state index in [1.807, 2.05) is 44.2 Å². The summed E-state index contributed by atoms with van der Waals surface area (Å²) in [5.74, 6) is -0.451. The van der Waals surface area contributed by atoms with Crippen LogP contribution in [-0.2, 0) is 21.8 Å². The molecule has 148 valence electrons. The Morgan fingerprint density at radius 3 is 2.36 bits per heavy atom. The average molecular weight is 400 g/mol. The fraction of sp³-hybridized carbons (Fsp3) is 0.318. The molecule has 0 aliphatic heterocycles. The largest absolute Gasteiger partial charge is 0.478 e. The minimum atomic E-state index is -1.02. The van der Waals surface area contributed by atoms with Crippen molar-refractivity contribution in [3.05, 3.63) is 64.7 Å². The van der Waals surface area contributed by atoms with Gasteiger partial charge >= 0.3 is 5.97 Å². The molecule has 2 rings (SSSR count). The zero-order valence-electron chi connectivity index (χ0n) is 16.3. The van der Waals surface area contributed by atoms with Crippen molar-refractivity contribution in [3.63, 3.8) is 0 Å². The summed E-state index contributed by atoms with van der Waals surface area (Å²) >= 11 is 1.25. The number of carboxylic acid groups (broad SMARTS) is 1. The first-order valence-electron chi connectivity index (χ1n) is 9.14. The van der Waals surface area contributed by atoms with Gasteiger partial charge in [-0.05, 0) is 47.2 Å². The number of aromatic carboxylic acids is 1. The lowest BCUT2D eigenvalue weighted by Crippen LogP contribution is -2.14. The van der Waals surface area contributed by atoms with Gasteiger partial charge in [0.25, 0.3) is 0 Å². The Kier molecular flexibility index (Phi) is 7.81. The maximum absolute atomic E-state index is 12.4. The molecular formula is C22H25NO4S. The van der Waals surface area contributed by atoms with Crippen LogP contribution < -0.4 is 5.32 Å². The van der Waals surface area contributed by atoms with Gasteiger partial charge in [0.05, 0.1) is 5.56 Å². The van der Waals surface area contributed by atoms with E-state index in [1.165, 1.54) is 24.8 Å². The van der Waals surface area contributed by atoms with Gasteiger partial charge in [0.1, 0.15) is 0 Å². The zero-order valence-corrected chi connectivity index (χ0v) is 17.1. The van der Waals surface area contributed by atoms with Crippen LogP contribution in [0.15, 0.2) is 42.5 Å². The first-order chi connectivity index (χ1) is 13.3. The highest BCUT2D eigenvalue weighted by Crippen LogP contribution is 2.23. The van der Waals surface area contributed by atoms with Crippen LogP contribution >= 0.6 is 11.8 Å². The van der Waals surface area contributed by atoms with E-state index in [2.05, 4.69) is 5.32 Å². The topological polar surface area (TPSA) is 83.5 Å². The van der Waals surface area contributed by atoms with E-state index in [9.17, 15) is 19.5 Å². The maximum Gasteiger partial charge on any atom is 0.335 e. The minimum Gasteiger partial charge on any atom is -0.478 e. The van der Waals surface area contributed by atoms with E-state index in [0.717, 1.165) is 16.7 Å². The van der Waals surface area contributed by atoms with Crippen LogP contribution in [0.5, 0.6) is 0 Å². The quantitative estimate of drug-likeness (QED) is 0.662. The van der Waals surface area contributed by atoms with E-state index in [0.29, 0.717) is 17.9 Å². The van der Waals surface area contributed by atoms with Gasteiger partial charge in [-0.1, -0.05) is 49.9 Å². The van der Waals surface area contributed by atoms with Gasteiger partial charge in [-0.25, -0.2) is 4.79 Å². The highest BCUT2D eigenvalue weighted by Gasteiger charge is 2.12. The summed E-state index contributed by atoms with van der Waals surface area (Å²) in [4.78, 5) is 34.9. The fourth-order valence-electron chi connectivity index (χ4n) is 2.77. The highest BCUT2D eigenvalue weighted by atomic mass is 32.2. The molecule has 2 aromatic carbocycles. The highest BCUT2D eigenvalue weighted by molar-refractivity contribution is 8.12. The molecule has 2 N–H and O–H groups in total. The van der Waals surface area contributed by atoms with Gasteiger partial charge in [0, 0.05) is 24.8 Å². The number of nitrogens with one attached hydrogen (secondary N) is 1. The van der Waals surface area contributed by atoms with E-state index in [-0.39, 0.29) is 28.9 Å². The zero-order chi connectivity index (χ0) is 20.7. The number of thioether (sulfide) groups is 1. The number of rotatable bonds is 8. The number of anilines is 1. The molecular weight excluding hydrogens is 374 g/mol. The van der Waals surface area contributed by atoms with Crippen molar-refractivity contribution < 1.29 is 19.5 Å². The number of benzene rings is 2. The predicted molar refractivity (Wildman–Crippen MR) is 113 cm³/mol. The third kappa shape index (κ3) is 6.53. The van der Waals surface area contributed by atoms with Gasteiger partial charge in [-0.15, -0.1) is 0 Å². The van der Waals surface area contributed by atoms with Crippen LogP contribution in [0.2, 0.25) is 0 Å². The molecule has 0 radical (unpaired) electrons. The van der Waals surface area contributed by atoms with Crippen LogP contribution in [-0.4, -0.2) is 22.1 Å². The van der Waals surface area contributed by atoms with E-state index >= 15 is 0 Å². The Bertz CT molecular complexity index is 877. The molecule has 0 aliphatic rings. The second-order valence-corrected chi connectivity index (χ2v) is 8.05. The monoisotopic (exact) mass is 399 g/mol. The number of carbonyl (C=O) groups is 3. The molecule has 0 fully saturated rings. The maximum atomic E-state index is 12.4. The average Bonchev–Trinajstić information content (AvgIpc) is 2.64. The van der Waals surface area contributed by atoms with Gasteiger partial charge in [0.15, 0.2) is 5.12 Å². The lowest BCUT2D eigenvalue weighted by atomic mass is 9.99. The van der Waals surface area contributed by atoms with E-state index in [4.69, 9.17) is 0 Å². The lowest BCUT2D eigenvalue weighted by Gasteiger charge is -2.12. The molecule has 6 heteroatoms. The third-order valence-electron chi connectivity index (χ3n) is 4.32. The summed E-state index contributed by atoms with van der Waals surface area (Å²) in [6.45, 7) is 5.49. The smallest absolute Gasteiger partial charge is 0.335 e. The summed E-state index contributed by atoms with van der Waals surface area (Å²) in [6.07, 6.45) is 0.826. The Balaban J connectivity index is 2.05. The number of hydrogen-bond acceptors (Lipinski definition) is 4. The number of carbonyl (C=O) groups excluding carboxylic acids is 2. The summed E-state index contributed by atoms with van der Waals surface area (Å²) in [7, 11) is 0. The third-order valence-corrected chi connectivity index (χ3v) is 5.19. The first kappa shape index (κ1) is 21.7. The van der Waals surface area contributed by atoms with Crippen molar-refractivity contribution in [3.8, 4) is 0 Å². The Morgan fingerprint density at radius 2 is 1.75 bits per heavy atom. The van der Waals surface area contributed by atoms with Gasteiger partial charge < -0.3 is 10.4 Å². The standard InChI is InChI=1S/C22H25NO4S/c1-14(2)18-10-19(22(26)27)12-20(11-18)23-21(25)9-8-16-6-4-5-7-17(16)13-28-15(3)24/h4-7,10-12,14H,8-9,13H2,1-3H3,(H,23,25)(H,26,27). The summed E-state index contributed by atoms with van der Waals surface area (Å²) in [5.41, 5.74) is 3.60. The molecule has 0 aliphatic carbocycles. The van der Waals surface area contributed by atoms with Gasteiger partial charge in [-0.3, -0.25) is 9.59 Å². The molecule has 0 spiro atoms. The Morgan fingerprint density at radius 1 is 1.07 bits per heavy atom. The van der Waals surface area contributed by atoms with Gasteiger partial charge in [0.2, 0.25) is 5.91 Å². The molecule has 28 heavy (non-hydrogen) atoms. The van der Waals surface area contributed by atoms with Crippen molar-refractivity contribution in [1.82, 2.24) is 0 Å². The van der Waals surface area contributed by atoms with Crippen LogP contribution in [0.3, 0.4) is 0 Å². The number of aryl methyl sites for hydroxylation is 1. The second kappa shape index (κ2) is 10.1. The molecule has 0 atom stereocenters. The first-order valence-corrected chi connectivity index (χ1v) is 10.1. The van der Waals surface area contributed by atoms with Crippen molar-refractivity contribution in [2.24, 2.45) is 0 Å². The predicted octanol–water partition coefficient (Wildman–Crippen LogP) is 4.86.